The number of amides is 2. The standard InChI is InChI=1S/C12H18N4O/c1-9(8-11(13)14)16(2)12(17)15-10-6-4-3-5-7-10/h3-7,9H,8H2,1-2H3,(H3,13,14)(H,15,17). The summed E-state index contributed by atoms with van der Waals surface area (Å²) in [5.74, 6) is 0.0804. The highest BCUT2D eigenvalue weighted by molar-refractivity contribution is 5.89. The zero-order valence-corrected chi connectivity index (χ0v) is 10.1. The van der Waals surface area contributed by atoms with Gasteiger partial charge in [-0.3, -0.25) is 5.41 Å². The van der Waals surface area contributed by atoms with E-state index in [2.05, 4.69) is 5.32 Å². The highest BCUT2D eigenvalue weighted by atomic mass is 16.2. The molecule has 1 unspecified atom stereocenters. The summed E-state index contributed by atoms with van der Waals surface area (Å²) in [7, 11) is 1.69. The molecule has 0 saturated carbocycles. The first-order valence-electron chi connectivity index (χ1n) is 5.42. The van der Waals surface area contributed by atoms with Crippen molar-refractivity contribution >= 4 is 17.6 Å². The van der Waals surface area contributed by atoms with Crippen molar-refractivity contribution < 1.29 is 4.79 Å². The maximum Gasteiger partial charge on any atom is 0.321 e. The fourth-order valence-electron chi connectivity index (χ4n) is 1.39. The average Bonchev–Trinajstić information content (AvgIpc) is 2.28. The quantitative estimate of drug-likeness (QED) is 0.549. The van der Waals surface area contributed by atoms with Gasteiger partial charge in [-0.05, 0) is 19.1 Å². The number of nitrogens with two attached hydrogens (primary N) is 1. The zero-order valence-electron chi connectivity index (χ0n) is 10.1. The predicted octanol–water partition coefficient (Wildman–Crippen LogP) is 1.86. The highest BCUT2D eigenvalue weighted by Gasteiger charge is 2.16. The molecular formula is C12H18N4O. The summed E-state index contributed by atoms with van der Waals surface area (Å²) in [4.78, 5) is 13.4. The van der Waals surface area contributed by atoms with Crippen molar-refractivity contribution in [2.75, 3.05) is 12.4 Å². The molecule has 0 bridgehead atoms. The predicted molar refractivity (Wildman–Crippen MR) is 69.2 cm³/mol. The molecule has 1 aromatic rings. The minimum atomic E-state index is -0.204. The van der Waals surface area contributed by atoms with E-state index in [-0.39, 0.29) is 17.9 Å². The number of carbonyl (C=O) groups excluding carboxylic acids is 1. The molecule has 0 aliphatic rings. The fourth-order valence-corrected chi connectivity index (χ4v) is 1.39. The molecule has 0 spiro atoms. The Morgan fingerprint density at radius 2 is 2.06 bits per heavy atom. The minimum Gasteiger partial charge on any atom is -0.388 e. The molecule has 2 amide bonds. The third-order valence-electron chi connectivity index (χ3n) is 2.52. The van der Waals surface area contributed by atoms with Crippen LogP contribution in [0.25, 0.3) is 0 Å². The number of hydrogen-bond donors (Lipinski definition) is 3. The van der Waals surface area contributed by atoms with Gasteiger partial charge in [0.15, 0.2) is 0 Å². The van der Waals surface area contributed by atoms with Crippen molar-refractivity contribution in [3.63, 3.8) is 0 Å². The summed E-state index contributed by atoms with van der Waals surface area (Å²) in [5.41, 5.74) is 6.06. The van der Waals surface area contributed by atoms with E-state index in [1.54, 1.807) is 7.05 Å². The van der Waals surface area contributed by atoms with Gasteiger partial charge in [0.1, 0.15) is 0 Å². The van der Waals surface area contributed by atoms with Gasteiger partial charge in [0.05, 0.1) is 5.84 Å². The number of benzene rings is 1. The van der Waals surface area contributed by atoms with Gasteiger partial charge in [-0.2, -0.15) is 0 Å². The third kappa shape index (κ3) is 4.14. The number of nitrogens with zero attached hydrogens (tertiary/aromatic N) is 1. The monoisotopic (exact) mass is 234 g/mol. The molecule has 0 heterocycles. The van der Waals surface area contributed by atoms with Crippen LogP contribution >= 0.6 is 0 Å². The molecule has 0 fully saturated rings. The van der Waals surface area contributed by atoms with E-state index in [1.165, 1.54) is 4.90 Å². The lowest BCUT2D eigenvalue weighted by molar-refractivity contribution is 0.209. The fraction of sp³-hybridized carbons (Fsp3) is 0.333. The van der Waals surface area contributed by atoms with E-state index in [0.29, 0.717) is 6.42 Å². The lowest BCUT2D eigenvalue weighted by Gasteiger charge is -2.24. The average molecular weight is 234 g/mol. The first-order valence-corrected chi connectivity index (χ1v) is 5.42. The Labute approximate surface area is 101 Å². The number of nitrogens with one attached hydrogen (secondary N) is 2. The molecule has 0 saturated heterocycles. The number of rotatable bonds is 4. The van der Waals surface area contributed by atoms with Crippen molar-refractivity contribution in [2.24, 2.45) is 5.73 Å². The Morgan fingerprint density at radius 3 is 2.59 bits per heavy atom. The summed E-state index contributed by atoms with van der Waals surface area (Å²) in [6.45, 7) is 1.85. The number of amidine groups is 1. The van der Waals surface area contributed by atoms with Crippen LogP contribution in [-0.2, 0) is 0 Å². The summed E-state index contributed by atoms with van der Waals surface area (Å²) in [6.07, 6.45) is 0.374. The SMILES string of the molecule is CC(CC(=N)N)N(C)C(=O)Nc1ccccc1. The van der Waals surface area contributed by atoms with Gasteiger partial charge < -0.3 is 16.0 Å². The third-order valence-corrected chi connectivity index (χ3v) is 2.52. The van der Waals surface area contributed by atoms with Crippen LogP contribution in [0.2, 0.25) is 0 Å². The number of carbonyl (C=O) groups is 1. The second-order valence-electron chi connectivity index (χ2n) is 3.99. The number of hydrogen-bond acceptors (Lipinski definition) is 2. The zero-order chi connectivity index (χ0) is 12.8. The van der Waals surface area contributed by atoms with E-state index >= 15 is 0 Å². The lowest BCUT2D eigenvalue weighted by Crippen LogP contribution is -2.40. The molecule has 92 valence electrons. The van der Waals surface area contributed by atoms with Crippen LogP contribution in [0.15, 0.2) is 30.3 Å². The van der Waals surface area contributed by atoms with Gasteiger partial charge in [0.2, 0.25) is 0 Å². The first-order chi connectivity index (χ1) is 8.00. The number of para-hydroxylation sites is 1. The molecule has 17 heavy (non-hydrogen) atoms. The van der Waals surface area contributed by atoms with Crippen LogP contribution in [0.1, 0.15) is 13.3 Å². The van der Waals surface area contributed by atoms with Crippen molar-refractivity contribution in [3.05, 3.63) is 30.3 Å². The molecule has 1 rings (SSSR count). The maximum absolute atomic E-state index is 11.8. The topological polar surface area (TPSA) is 82.2 Å². The minimum absolute atomic E-state index is 0.0804. The second kappa shape index (κ2) is 5.89. The molecule has 1 aromatic carbocycles. The summed E-state index contributed by atoms with van der Waals surface area (Å²) in [6, 6.07) is 8.94. The summed E-state index contributed by atoms with van der Waals surface area (Å²) in [5, 5.41) is 9.97. The summed E-state index contributed by atoms with van der Waals surface area (Å²) >= 11 is 0. The molecule has 0 aromatic heterocycles. The van der Waals surface area contributed by atoms with Gasteiger partial charge in [-0.1, -0.05) is 18.2 Å². The molecule has 0 radical (unpaired) electrons. The Hall–Kier alpha value is -2.04. The van der Waals surface area contributed by atoms with E-state index in [4.69, 9.17) is 11.1 Å². The normalized spacial score (nSPS) is 11.6. The van der Waals surface area contributed by atoms with E-state index in [9.17, 15) is 4.79 Å². The molecule has 0 aliphatic carbocycles. The Balaban J connectivity index is 2.55. The van der Waals surface area contributed by atoms with Crippen LogP contribution in [0, 0.1) is 5.41 Å². The Kier molecular flexibility index (Phi) is 4.51. The van der Waals surface area contributed by atoms with Crippen molar-refractivity contribution in [1.29, 1.82) is 5.41 Å². The van der Waals surface area contributed by atoms with Crippen molar-refractivity contribution in [2.45, 2.75) is 19.4 Å². The molecule has 5 heteroatoms. The van der Waals surface area contributed by atoms with Gasteiger partial charge in [-0.15, -0.1) is 0 Å². The first kappa shape index (κ1) is 13.0. The molecule has 1 atom stereocenters. The lowest BCUT2D eigenvalue weighted by atomic mass is 10.2. The largest absolute Gasteiger partial charge is 0.388 e. The van der Waals surface area contributed by atoms with Crippen LogP contribution in [-0.4, -0.2) is 29.9 Å². The van der Waals surface area contributed by atoms with Crippen molar-refractivity contribution in [3.8, 4) is 0 Å². The van der Waals surface area contributed by atoms with E-state index in [1.807, 2.05) is 37.3 Å². The molecule has 4 N–H and O–H groups in total. The van der Waals surface area contributed by atoms with Crippen LogP contribution < -0.4 is 11.1 Å². The Morgan fingerprint density at radius 1 is 1.47 bits per heavy atom. The van der Waals surface area contributed by atoms with Crippen LogP contribution in [0.3, 0.4) is 0 Å². The molecule has 0 aliphatic heterocycles. The molecule has 5 nitrogen and oxygen atoms in total. The maximum atomic E-state index is 11.8. The van der Waals surface area contributed by atoms with Gasteiger partial charge in [0.25, 0.3) is 0 Å². The van der Waals surface area contributed by atoms with Gasteiger partial charge >= 0.3 is 6.03 Å². The second-order valence-corrected chi connectivity index (χ2v) is 3.99. The molecular weight excluding hydrogens is 216 g/mol. The number of urea groups is 1. The smallest absolute Gasteiger partial charge is 0.321 e. The van der Waals surface area contributed by atoms with Crippen LogP contribution in [0.5, 0.6) is 0 Å². The van der Waals surface area contributed by atoms with Gasteiger partial charge in [0, 0.05) is 25.2 Å². The van der Waals surface area contributed by atoms with Crippen molar-refractivity contribution in [1.82, 2.24) is 4.90 Å². The van der Waals surface area contributed by atoms with Crippen LogP contribution in [0.4, 0.5) is 10.5 Å². The van der Waals surface area contributed by atoms with E-state index in [0.717, 1.165) is 5.69 Å². The van der Waals surface area contributed by atoms with E-state index < -0.39 is 0 Å². The van der Waals surface area contributed by atoms with Gasteiger partial charge in [-0.25, -0.2) is 4.79 Å². The number of anilines is 1. The highest BCUT2D eigenvalue weighted by Crippen LogP contribution is 2.08. The Bertz CT molecular complexity index is 391. The summed E-state index contributed by atoms with van der Waals surface area (Å²) < 4.78 is 0.